The standard InChI is InChI=1S/C18H22FN5OS/c1-20-18(21-13-16(25)22-15-5-2-4-14(19)12-15)24-9-7-23(8-10-24)17-6-3-11-26-17/h2-6,11-12H,7-10,13H2,1H3,(H,20,21)(H,22,25). The molecule has 0 atom stereocenters. The summed E-state index contributed by atoms with van der Waals surface area (Å²) in [5.41, 5.74) is 0.441. The molecule has 2 heterocycles. The molecule has 1 saturated heterocycles. The van der Waals surface area contributed by atoms with E-state index >= 15 is 0 Å². The molecule has 1 fully saturated rings. The van der Waals surface area contributed by atoms with Crippen molar-refractivity contribution in [2.24, 2.45) is 4.99 Å². The Bertz CT molecular complexity index is 757. The lowest BCUT2D eigenvalue weighted by Gasteiger charge is -2.36. The summed E-state index contributed by atoms with van der Waals surface area (Å²) >= 11 is 1.74. The van der Waals surface area contributed by atoms with E-state index in [2.05, 4.69) is 42.9 Å². The minimum absolute atomic E-state index is 0.0777. The van der Waals surface area contributed by atoms with Crippen molar-refractivity contribution in [3.63, 3.8) is 0 Å². The summed E-state index contributed by atoms with van der Waals surface area (Å²) in [7, 11) is 1.71. The van der Waals surface area contributed by atoms with Crippen LogP contribution in [-0.4, -0.2) is 56.5 Å². The molecule has 0 unspecified atom stereocenters. The highest BCUT2D eigenvalue weighted by Gasteiger charge is 2.20. The number of carbonyl (C=O) groups is 1. The van der Waals surface area contributed by atoms with Gasteiger partial charge in [0, 0.05) is 38.9 Å². The minimum Gasteiger partial charge on any atom is -0.360 e. The highest BCUT2D eigenvalue weighted by Crippen LogP contribution is 2.22. The molecule has 1 amide bonds. The number of aliphatic imine (C=N–C) groups is 1. The second kappa shape index (κ2) is 8.66. The van der Waals surface area contributed by atoms with Gasteiger partial charge >= 0.3 is 0 Å². The predicted octanol–water partition coefficient (Wildman–Crippen LogP) is 2.22. The monoisotopic (exact) mass is 375 g/mol. The molecule has 3 rings (SSSR count). The van der Waals surface area contributed by atoms with Gasteiger partial charge in [0.1, 0.15) is 5.82 Å². The maximum absolute atomic E-state index is 13.2. The van der Waals surface area contributed by atoms with E-state index in [-0.39, 0.29) is 18.3 Å². The molecule has 1 aliphatic heterocycles. The van der Waals surface area contributed by atoms with Gasteiger partial charge in [0.05, 0.1) is 11.5 Å². The van der Waals surface area contributed by atoms with E-state index in [1.165, 1.54) is 17.1 Å². The van der Waals surface area contributed by atoms with Gasteiger partial charge in [-0.15, -0.1) is 11.3 Å². The lowest BCUT2D eigenvalue weighted by molar-refractivity contribution is -0.115. The summed E-state index contributed by atoms with van der Waals surface area (Å²) in [5, 5.41) is 9.11. The van der Waals surface area contributed by atoms with E-state index < -0.39 is 0 Å². The number of carbonyl (C=O) groups excluding carboxylic acids is 1. The third kappa shape index (κ3) is 4.72. The summed E-state index contributed by atoms with van der Waals surface area (Å²) in [4.78, 5) is 20.8. The van der Waals surface area contributed by atoms with Gasteiger partial charge in [-0.2, -0.15) is 0 Å². The van der Waals surface area contributed by atoms with Crippen LogP contribution in [0, 0.1) is 5.82 Å². The van der Waals surface area contributed by atoms with E-state index in [9.17, 15) is 9.18 Å². The molecule has 1 aromatic carbocycles. The molecule has 8 heteroatoms. The topological polar surface area (TPSA) is 60.0 Å². The lowest BCUT2D eigenvalue weighted by atomic mass is 10.3. The van der Waals surface area contributed by atoms with Crippen LogP contribution in [0.1, 0.15) is 0 Å². The van der Waals surface area contributed by atoms with Gasteiger partial charge in [0.15, 0.2) is 5.96 Å². The summed E-state index contributed by atoms with van der Waals surface area (Å²) in [6.07, 6.45) is 0. The molecule has 2 aromatic rings. The van der Waals surface area contributed by atoms with Crippen LogP contribution >= 0.6 is 11.3 Å². The number of anilines is 2. The average molecular weight is 375 g/mol. The van der Waals surface area contributed by atoms with Crippen molar-refractivity contribution in [2.45, 2.75) is 0 Å². The van der Waals surface area contributed by atoms with Crippen LogP contribution in [0.15, 0.2) is 46.8 Å². The van der Waals surface area contributed by atoms with Crippen LogP contribution < -0.4 is 15.5 Å². The van der Waals surface area contributed by atoms with Crippen LogP contribution in [0.5, 0.6) is 0 Å². The molecular formula is C18H22FN5OS. The van der Waals surface area contributed by atoms with E-state index in [1.807, 2.05) is 0 Å². The normalized spacial score (nSPS) is 15.1. The number of nitrogens with one attached hydrogen (secondary N) is 2. The molecule has 1 aliphatic rings. The Morgan fingerprint density at radius 2 is 2.04 bits per heavy atom. The molecular weight excluding hydrogens is 353 g/mol. The van der Waals surface area contributed by atoms with E-state index in [1.54, 1.807) is 30.5 Å². The second-order valence-corrected chi connectivity index (χ2v) is 6.81. The van der Waals surface area contributed by atoms with Crippen molar-refractivity contribution in [3.8, 4) is 0 Å². The molecule has 0 spiro atoms. The van der Waals surface area contributed by atoms with Crippen LogP contribution in [0.4, 0.5) is 15.1 Å². The molecule has 1 aromatic heterocycles. The number of piperazine rings is 1. The van der Waals surface area contributed by atoms with Crippen molar-refractivity contribution in [1.82, 2.24) is 10.2 Å². The molecule has 0 bridgehead atoms. The number of thiophene rings is 1. The number of nitrogens with zero attached hydrogens (tertiary/aromatic N) is 3. The average Bonchev–Trinajstić information content (AvgIpc) is 3.17. The zero-order chi connectivity index (χ0) is 18.4. The lowest BCUT2D eigenvalue weighted by Crippen LogP contribution is -2.53. The second-order valence-electron chi connectivity index (χ2n) is 5.88. The Labute approximate surface area is 156 Å². The van der Waals surface area contributed by atoms with Gasteiger partial charge in [0.2, 0.25) is 5.91 Å². The Balaban J connectivity index is 1.47. The molecule has 138 valence electrons. The number of hydrogen-bond donors (Lipinski definition) is 2. The van der Waals surface area contributed by atoms with Gasteiger partial charge in [-0.25, -0.2) is 4.39 Å². The molecule has 2 N–H and O–H groups in total. The number of amides is 1. The highest BCUT2D eigenvalue weighted by molar-refractivity contribution is 7.14. The maximum atomic E-state index is 13.2. The SMILES string of the molecule is CN=C(NCC(=O)Nc1cccc(F)c1)N1CCN(c2cccs2)CC1. The number of hydrogen-bond acceptors (Lipinski definition) is 4. The third-order valence-electron chi connectivity index (χ3n) is 4.12. The van der Waals surface area contributed by atoms with E-state index in [0.717, 1.165) is 26.2 Å². The van der Waals surface area contributed by atoms with E-state index in [4.69, 9.17) is 0 Å². The Morgan fingerprint density at radius 3 is 2.69 bits per heavy atom. The van der Waals surface area contributed by atoms with Crippen LogP contribution in [0.25, 0.3) is 0 Å². The Kier molecular flexibility index (Phi) is 6.06. The van der Waals surface area contributed by atoms with Crippen molar-refractivity contribution in [2.75, 3.05) is 50.0 Å². The van der Waals surface area contributed by atoms with E-state index in [0.29, 0.717) is 11.6 Å². The fourth-order valence-electron chi connectivity index (χ4n) is 2.85. The quantitative estimate of drug-likeness (QED) is 0.636. The maximum Gasteiger partial charge on any atom is 0.243 e. The highest BCUT2D eigenvalue weighted by atomic mass is 32.1. The first-order valence-electron chi connectivity index (χ1n) is 8.45. The number of rotatable bonds is 4. The van der Waals surface area contributed by atoms with Gasteiger partial charge in [-0.1, -0.05) is 6.07 Å². The molecule has 26 heavy (non-hydrogen) atoms. The predicted molar refractivity (Wildman–Crippen MR) is 104 cm³/mol. The largest absolute Gasteiger partial charge is 0.360 e. The molecule has 0 saturated carbocycles. The van der Waals surface area contributed by atoms with Crippen molar-refractivity contribution in [1.29, 1.82) is 0 Å². The molecule has 0 aliphatic carbocycles. The van der Waals surface area contributed by atoms with Crippen LogP contribution in [0.3, 0.4) is 0 Å². The zero-order valence-electron chi connectivity index (χ0n) is 14.6. The van der Waals surface area contributed by atoms with Gasteiger partial charge in [-0.3, -0.25) is 9.79 Å². The van der Waals surface area contributed by atoms with Crippen molar-refractivity contribution in [3.05, 3.63) is 47.6 Å². The zero-order valence-corrected chi connectivity index (χ0v) is 15.4. The van der Waals surface area contributed by atoms with Crippen molar-refractivity contribution >= 4 is 33.9 Å². The Hall–Kier alpha value is -2.61. The number of halogens is 1. The first kappa shape index (κ1) is 18.2. The summed E-state index contributed by atoms with van der Waals surface area (Å²) < 4.78 is 13.2. The first-order chi connectivity index (χ1) is 12.7. The number of guanidine groups is 1. The fraction of sp³-hybridized carbons (Fsp3) is 0.333. The van der Waals surface area contributed by atoms with Gasteiger partial charge in [-0.05, 0) is 35.7 Å². The first-order valence-corrected chi connectivity index (χ1v) is 9.33. The fourth-order valence-corrected chi connectivity index (χ4v) is 3.64. The minimum atomic E-state index is -0.379. The number of benzene rings is 1. The van der Waals surface area contributed by atoms with Gasteiger partial charge < -0.3 is 20.4 Å². The van der Waals surface area contributed by atoms with Crippen LogP contribution in [0.2, 0.25) is 0 Å². The summed E-state index contributed by atoms with van der Waals surface area (Å²) in [6.45, 7) is 3.58. The van der Waals surface area contributed by atoms with Gasteiger partial charge in [0.25, 0.3) is 0 Å². The molecule has 6 nitrogen and oxygen atoms in total. The third-order valence-corrected chi connectivity index (χ3v) is 5.05. The van der Waals surface area contributed by atoms with Crippen LogP contribution in [-0.2, 0) is 4.79 Å². The summed E-state index contributed by atoms with van der Waals surface area (Å²) in [5.74, 6) is 0.0781. The summed E-state index contributed by atoms with van der Waals surface area (Å²) in [6, 6.07) is 10.0. The Morgan fingerprint density at radius 1 is 1.23 bits per heavy atom. The smallest absolute Gasteiger partial charge is 0.243 e. The van der Waals surface area contributed by atoms with Crippen molar-refractivity contribution < 1.29 is 9.18 Å². The molecule has 0 radical (unpaired) electrons.